The second kappa shape index (κ2) is 6.12. The normalized spacial score (nSPS) is 11.5. The fourth-order valence-corrected chi connectivity index (χ4v) is 2.22. The molecule has 0 spiro atoms. The number of pyridine rings is 1. The van der Waals surface area contributed by atoms with Gasteiger partial charge in [-0.2, -0.15) is 0 Å². The fourth-order valence-electron chi connectivity index (χ4n) is 1.63. The van der Waals surface area contributed by atoms with Gasteiger partial charge in [0.15, 0.2) is 0 Å². The van der Waals surface area contributed by atoms with E-state index in [4.69, 9.17) is 0 Å². The number of hydrogen-bond acceptors (Lipinski definition) is 1. The number of hydrogen-bond donors (Lipinski definition) is 0. The summed E-state index contributed by atoms with van der Waals surface area (Å²) in [6.45, 7) is 0. The molecule has 0 aliphatic rings. The molecule has 0 radical (unpaired) electrons. The zero-order chi connectivity index (χ0) is 12.1. The lowest BCUT2D eigenvalue weighted by Gasteiger charge is -2.07. The Bertz CT molecular complexity index is 504. The average molecular weight is 353 g/mol. The van der Waals surface area contributed by atoms with Gasteiger partial charge in [-0.15, -0.1) is 0 Å². The molecule has 2 aromatic rings. The molecule has 1 aromatic carbocycles. The molecular weight excluding hydrogens is 342 g/mol. The fraction of sp³-hybridized carbons (Fsp3) is 0.0714. The lowest BCUT2D eigenvalue weighted by Crippen LogP contribution is -1.89. The molecule has 0 amide bonds. The Balaban J connectivity index is 2.44. The highest BCUT2D eigenvalue weighted by Crippen LogP contribution is 2.24. The summed E-state index contributed by atoms with van der Waals surface area (Å²) < 4.78 is 1.09. The van der Waals surface area contributed by atoms with E-state index < -0.39 is 0 Å². The molecule has 1 heterocycles. The van der Waals surface area contributed by atoms with Crippen molar-refractivity contribution in [1.29, 1.82) is 0 Å². The Morgan fingerprint density at radius 2 is 1.88 bits per heavy atom. The first-order chi connectivity index (χ1) is 8.31. The first-order valence-corrected chi connectivity index (χ1v) is 7.15. The van der Waals surface area contributed by atoms with Gasteiger partial charge < -0.3 is 0 Å². The first-order valence-electron chi connectivity index (χ1n) is 5.23. The minimum Gasteiger partial charge on any atom is -0.264 e. The van der Waals surface area contributed by atoms with Crippen LogP contribution in [0.4, 0.5) is 0 Å². The van der Waals surface area contributed by atoms with Crippen LogP contribution in [0.1, 0.15) is 11.1 Å². The molecule has 0 bridgehead atoms. The Hall–Kier alpha value is -0.930. The SMILES string of the molecule is BrCC=C(c1ccc(Br)cc1)c1cccnc1. The van der Waals surface area contributed by atoms with Crippen molar-refractivity contribution in [2.24, 2.45) is 0 Å². The summed E-state index contributed by atoms with van der Waals surface area (Å²) in [7, 11) is 0. The summed E-state index contributed by atoms with van der Waals surface area (Å²) in [5, 5.41) is 0.827. The van der Waals surface area contributed by atoms with Crippen LogP contribution in [0.15, 0.2) is 59.3 Å². The van der Waals surface area contributed by atoms with Gasteiger partial charge in [-0.25, -0.2) is 0 Å². The van der Waals surface area contributed by atoms with E-state index in [0.29, 0.717) is 0 Å². The molecule has 0 N–H and O–H groups in total. The zero-order valence-electron chi connectivity index (χ0n) is 9.11. The number of allylic oxidation sites excluding steroid dienone is 1. The van der Waals surface area contributed by atoms with Crippen molar-refractivity contribution < 1.29 is 0 Å². The van der Waals surface area contributed by atoms with Crippen molar-refractivity contribution in [3.8, 4) is 0 Å². The third-order valence-electron chi connectivity index (χ3n) is 2.41. The number of alkyl halides is 1. The topological polar surface area (TPSA) is 12.9 Å². The van der Waals surface area contributed by atoms with Crippen molar-refractivity contribution in [3.63, 3.8) is 0 Å². The third kappa shape index (κ3) is 3.27. The quantitative estimate of drug-likeness (QED) is 0.731. The summed E-state index contributed by atoms with van der Waals surface area (Å²) in [6, 6.07) is 12.3. The summed E-state index contributed by atoms with van der Waals surface area (Å²) in [5.74, 6) is 0. The molecule has 0 unspecified atom stereocenters. The van der Waals surface area contributed by atoms with Crippen LogP contribution < -0.4 is 0 Å². The van der Waals surface area contributed by atoms with E-state index in [0.717, 1.165) is 15.4 Å². The van der Waals surface area contributed by atoms with Crippen LogP contribution in [-0.2, 0) is 0 Å². The molecule has 0 aliphatic carbocycles. The van der Waals surface area contributed by atoms with E-state index in [1.54, 1.807) is 6.20 Å². The molecule has 0 atom stereocenters. The zero-order valence-corrected chi connectivity index (χ0v) is 12.3. The summed E-state index contributed by atoms with van der Waals surface area (Å²) >= 11 is 6.90. The van der Waals surface area contributed by atoms with E-state index in [1.165, 1.54) is 11.1 Å². The first kappa shape index (κ1) is 12.5. The lowest BCUT2D eigenvalue weighted by atomic mass is 9.99. The van der Waals surface area contributed by atoms with Crippen molar-refractivity contribution in [3.05, 3.63) is 70.5 Å². The third-order valence-corrected chi connectivity index (χ3v) is 3.26. The highest BCUT2D eigenvalue weighted by Gasteiger charge is 2.04. The molecule has 2 rings (SSSR count). The van der Waals surface area contributed by atoms with Crippen molar-refractivity contribution >= 4 is 37.4 Å². The van der Waals surface area contributed by atoms with Crippen molar-refractivity contribution in [2.75, 3.05) is 5.33 Å². The average Bonchev–Trinajstić information content (AvgIpc) is 2.38. The molecule has 0 saturated heterocycles. The van der Waals surface area contributed by atoms with Crippen LogP contribution in [-0.4, -0.2) is 10.3 Å². The van der Waals surface area contributed by atoms with Gasteiger partial charge in [-0.3, -0.25) is 4.98 Å². The molecule has 86 valence electrons. The van der Waals surface area contributed by atoms with Crippen molar-refractivity contribution in [2.45, 2.75) is 0 Å². The van der Waals surface area contributed by atoms with Gasteiger partial charge in [-0.1, -0.05) is 56.1 Å². The Morgan fingerprint density at radius 3 is 2.47 bits per heavy atom. The lowest BCUT2D eigenvalue weighted by molar-refractivity contribution is 1.31. The predicted molar refractivity (Wildman–Crippen MR) is 79.3 cm³/mol. The van der Waals surface area contributed by atoms with Gasteiger partial charge in [0.1, 0.15) is 0 Å². The molecule has 17 heavy (non-hydrogen) atoms. The molecule has 1 nitrogen and oxygen atoms in total. The second-order valence-corrected chi connectivity index (χ2v) is 5.08. The van der Waals surface area contributed by atoms with Gasteiger partial charge in [0, 0.05) is 27.8 Å². The van der Waals surface area contributed by atoms with Crippen molar-refractivity contribution in [1.82, 2.24) is 4.98 Å². The maximum Gasteiger partial charge on any atom is 0.0346 e. The van der Waals surface area contributed by atoms with Gasteiger partial charge in [0.05, 0.1) is 0 Å². The molecular formula is C14H11Br2N. The predicted octanol–water partition coefficient (Wildman–Crippen LogP) is 4.67. The number of aromatic nitrogens is 1. The Labute approximate surface area is 118 Å². The maximum atomic E-state index is 4.17. The molecule has 3 heteroatoms. The van der Waals surface area contributed by atoms with Gasteiger partial charge in [0.2, 0.25) is 0 Å². The van der Waals surface area contributed by atoms with E-state index in [9.17, 15) is 0 Å². The number of rotatable bonds is 3. The molecule has 0 saturated carbocycles. The Morgan fingerprint density at radius 1 is 1.12 bits per heavy atom. The van der Waals surface area contributed by atoms with Crippen LogP contribution in [0, 0.1) is 0 Å². The van der Waals surface area contributed by atoms with Gasteiger partial charge >= 0.3 is 0 Å². The summed E-state index contributed by atoms with van der Waals surface area (Å²) in [6.07, 6.45) is 5.83. The number of benzene rings is 1. The number of nitrogens with zero attached hydrogens (tertiary/aromatic N) is 1. The van der Waals surface area contributed by atoms with Crippen LogP contribution in [0.5, 0.6) is 0 Å². The van der Waals surface area contributed by atoms with Gasteiger partial charge in [-0.05, 0) is 29.3 Å². The summed E-state index contributed by atoms with van der Waals surface area (Å²) in [5.41, 5.74) is 3.53. The van der Waals surface area contributed by atoms with Crippen LogP contribution in [0.3, 0.4) is 0 Å². The minimum atomic E-state index is 0.827. The monoisotopic (exact) mass is 351 g/mol. The summed E-state index contributed by atoms with van der Waals surface area (Å²) in [4.78, 5) is 4.17. The standard InChI is InChI=1S/C14H11Br2N/c15-8-7-14(12-2-1-9-17-10-12)11-3-5-13(16)6-4-11/h1-7,9-10H,8H2. The maximum absolute atomic E-state index is 4.17. The largest absolute Gasteiger partial charge is 0.264 e. The molecule has 0 aliphatic heterocycles. The minimum absolute atomic E-state index is 0.827. The van der Waals surface area contributed by atoms with Crippen LogP contribution in [0.25, 0.3) is 5.57 Å². The second-order valence-electron chi connectivity index (χ2n) is 3.52. The van der Waals surface area contributed by atoms with Gasteiger partial charge in [0.25, 0.3) is 0 Å². The van der Waals surface area contributed by atoms with Crippen LogP contribution >= 0.6 is 31.9 Å². The van der Waals surface area contributed by atoms with E-state index >= 15 is 0 Å². The van der Waals surface area contributed by atoms with E-state index in [2.05, 4.69) is 61.1 Å². The smallest absolute Gasteiger partial charge is 0.0346 e. The van der Waals surface area contributed by atoms with E-state index in [-0.39, 0.29) is 0 Å². The highest BCUT2D eigenvalue weighted by molar-refractivity contribution is 9.10. The number of halogens is 2. The van der Waals surface area contributed by atoms with Crippen LogP contribution in [0.2, 0.25) is 0 Å². The highest BCUT2D eigenvalue weighted by atomic mass is 79.9. The Kier molecular flexibility index (Phi) is 4.51. The molecule has 1 aromatic heterocycles. The molecule has 0 fully saturated rings. The van der Waals surface area contributed by atoms with E-state index in [1.807, 2.05) is 24.4 Å².